The van der Waals surface area contributed by atoms with E-state index in [4.69, 9.17) is 4.74 Å². The van der Waals surface area contributed by atoms with Crippen molar-refractivity contribution in [2.75, 3.05) is 19.0 Å². The fourth-order valence-electron chi connectivity index (χ4n) is 2.96. The molecule has 146 valence electrons. The number of carbonyl (C=O) groups is 1. The Morgan fingerprint density at radius 3 is 2.71 bits per heavy atom. The monoisotopic (exact) mass is 380 g/mol. The number of nitrogens with zero attached hydrogens (tertiary/aromatic N) is 3. The van der Waals surface area contributed by atoms with E-state index in [1.165, 1.54) is 7.11 Å². The summed E-state index contributed by atoms with van der Waals surface area (Å²) >= 11 is 0. The van der Waals surface area contributed by atoms with Gasteiger partial charge < -0.3 is 15.2 Å². The van der Waals surface area contributed by atoms with Crippen molar-refractivity contribution in [3.8, 4) is 11.3 Å². The van der Waals surface area contributed by atoms with E-state index in [-0.39, 0.29) is 19.1 Å². The molecule has 7 nitrogen and oxygen atoms in total. The molecule has 0 aliphatic carbocycles. The zero-order valence-corrected chi connectivity index (χ0v) is 16.2. The van der Waals surface area contributed by atoms with Crippen LogP contribution in [0.15, 0.2) is 54.7 Å². The second-order valence-electron chi connectivity index (χ2n) is 7.08. The lowest BCUT2D eigenvalue weighted by molar-refractivity contribution is -0.0311. The van der Waals surface area contributed by atoms with Gasteiger partial charge in [-0.05, 0) is 37.6 Å². The Kier molecular flexibility index (Phi) is 5.87. The summed E-state index contributed by atoms with van der Waals surface area (Å²) in [6.45, 7) is 4.01. The molecule has 7 heteroatoms. The van der Waals surface area contributed by atoms with E-state index in [0.717, 1.165) is 16.8 Å². The van der Waals surface area contributed by atoms with Gasteiger partial charge in [0.2, 0.25) is 0 Å². The molecule has 0 aliphatic rings. The molecule has 1 unspecified atom stereocenters. The van der Waals surface area contributed by atoms with Gasteiger partial charge >= 0.3 is 0 Å². The zero-order chi connectivity index (χ0) is 20.1. The molecule has 0 saturated heterocycles. The van der Waals surface area contributed by atoms with Crippen LogP contribution in [-0.2, 0) is 11.3 Å². The second-order valence-corrected chi connectivity index (χ2v) is 7.08. The number of hydrogen-bond donors (Lipinski definition) is 2. The highest BCUT2D eigenvalue weighted by atomic mass is 16.5. The summed E-state index contributed by atoms with van der Waals surface area (Å²) in [7, 11) is 1.54. The van der Waals surface area contributed by atoms with E-state index < -0.39 is 5.60 Å². The number of ether oxygens (including phenoxy) is 1. The average Bonchev–Trinajstić information content (AvgIpc) is 3.10. The first kappa shape index (κ1) is 19.7. The quantitative estimate of drug-likeness (QED) is 0.658. The van der Waals surface area contributed by atoms with E-state index in [1.54, 1.807) is 23.9 Å². The van der Waals surface area contributed by atoms with Gasteiger partial charge in [-0.3, -0.25) is 4.79 Å². The Labute approximate surface area is 164 Å². The predicted molar refractivity (Wildman–Crippen MR) is 107 cm³/mol. The summed E-state index contributed by atoms with van der Waals surface area (Å²) in [5, 5.41) is 21.4. The van der Waals surface area contributed by atoms with E-state index in [0.29, 0.717) is 11.3 Å². The molecule has 0 radical (unpaired) electrons. The van der Waals surface area contributed by atoms with Crippen molar-refractivity contribution in [3.63, 3.8) is 0 Å². The van der Waals surface area contributed by atoms with Crippen LogP contribution in [0.3, 0.4) is 0 Å². The molecule has 2 aromatic carbocycles. The lowest BCUT2D eigenvalue weighted by atomic mass is 10.0. The SMILES string of the molecule is COCC(C)(O)Cn1cc(-c2ccc(C)c(C(=O)Nc3ccccc3)c2)nn1. The first-order valence-corrected chi connectivity index (χ1v) is 8.97. The fourth-order valence-corrected chi connectivity index (χ4v) is 2.96. The maximum absolute atomic E-state index is 12.7. The van der Waals surface area contributed by atoms with E-state index >= 15 is 0 Å². The van der Waals surface area contributed by atoms with Crippen LogP contribution in [0.1, 0.15) is 22.8 Å². The summed E-state index contributed by atoms with van der Waals surface area (Å²) in [4.78, 5) is 12.7. The third-order valence-electron chi connectivity index (χ3n) is 4.31. The molecule has 0 spiro atoms. The Morgan fingerprint density at radius 1 is 1.25 bits per heavy atom. The fraction of sp³-hybridized carbons (Fsp3) is 0.286. The minimum absolute atomic E-state index is 0.180. The van der Waals surface area contributed by atoms with Crippen LogP contribution in [-0.4, -0.2) is 45.3 Å². The Bertz CT molecular complexity index is 951. The lowest BCUT2D eigenvalue weighted by Crippen LogP contribution is -2.35. The number of aliphatic hydroxyl groups is 1. The number of benzene rings is 2. The largest absolute Gasteiger partial charge is 0.386 e. The van der Waals surface area contributed by atoms with Crippen LogP contribution in [0.25, 0.3) is 11.3 Å². The number of aryl methyl sites for hydroxylation is 1. The Hall–Kier alpha value is -3.03. The standard InChI is InChI=1S/C21H24N4O3/c1-15-9-10-16(11-18(15)20(26)22-17-7-5-4-6-8-17)19-12-25(24-23-19)13-21(2,27)14-28-3/h4-12,27H,13-14H2,1-3H3,(H,22,26). The van der Waals surface area contributed by atoms with Gasteiger partial charge in [-0.2, -0.15) is 0 Å². The van der Waals surface area contributed by atoms with Gasteiger partial charge in [0.15, 0.2) is 0 Å². The van der Waals surface area contributed by atoms with Crippen LogP contribution in [0.2, 0.25) is 0 Å². The maximum atomic E-state index is 12.7. The van der Waals surface area contributed by atoms with Crippen molar-refractivity contribution in [2.45, 2.75) is 26.0 Å². The minimum atomic E-state index is -1.05. The van der Waals surface area contributed by atoms with Crippen LogP contribution >= 0.6 is 0 Å². The molecule has 1 heterocycles. The van der Waals surface area contributed by atoms with Gasteiger partial charge in [0.05, 0.1) is 19.3 Å². The molecule has 1 atom stereocenters. The Balaban J connectivity index is 1.81. The highest BCUT2D eigenvalue weighted by Gasteiger charge is 2.22. The second kappa shape index (κ2) is 8.33. The maximum Gasteiger partial charge on any atom is 0.255 e. The number of rotatable bonds is 7. The van der Waals surface area contributed by atoms with Gasteiger partial charge in [0, 0.05) is 23.9 Å². The molecule has 0 aliphatic heterocycles. The summed E-state index contributed by atoms with van der Waals surface area (Å²) < 4.78 is 6.59. The smallest absolute Gasteiger partial charge is 0.255 e. The summed E-state index contributed by atoms with van der Waals surface area (Å²) in [6, 6.07) is 14.9. The molecule has 28 heavy (non-hydrogen) atoms. The summed E-state index contributed by atoms with van der Waals surface area (Å²) in [6.07, 6.45) is 1.74. The summed E-state index contributed by atoms with van der Waals surface area (Å²) in [5.74, 6) is -0.180. The highest BCUT2D eigenvalue weighted by molar-refractivity contribution is 6.05. The predicted octanol–water partition coefficient (Wildman–Crippen LogP) is 2.90. The number of carbonyl (C=O) groups excluding carboxylic acids is 1. The third-order valence-corrected chi connectivity index (χ3v) is 4.31. The highest BCUT2D eigenvalue weighted by Crippen LogP contribution is 2.22. The minimum Gasteiger partial charge on any atom is -0.386 e. The van der Waals surface area contributed by atoms with Crippen molar-refractivity contribution in [1.29, 1.82) is 0 Å². The van der Waals surface area contributed by atoms with Gasteiger partial charge in [0.25, 0.3) is 5.91 Å². The van der Waals surface area contributed by atoms with E-state index in [9.17, 15) is 9.90 Å². The molecule has 0 fully saturated rings. The number of aromatic nitrogens is 3. The topological polar surface area (TPSA) is 89.3 Å². The van der Waals surface area contributed by atoms with Crippen LogP contribution < -0.4 is 5.32 Å². The van der Waals surface area contributed by atoms with Crippen molar-refractivity contribution in [3.05, 3.63) is 65.9 Å². The molecular formula is C21H24N4O3. The van der Waals surface area contributed by atoms with Gasteiger partial charge in [-0.15, -0.1) is 5.10 Å². The van der Waals surface area contributed by atoms with Crippen LogP contribution in [0, 0.1) is 6.92 Å². The first-order valence-electron chi connectivity index (χ1n) is 8.97. The Morgan fingerprint density at radius 2 is 2.00 bits per heavy atom. The van der Waals surface area contributed by atoms with E-state index in [1.807, 2.05) is 49.4 Å². The number of anilines is 1. The molecular weight excluding hydrogens is 356 g/mol. The zero-order valence-electron chi connectivity index (χ0n) is 16.2. The molecule has 2 N–H and O–H groups in total. The van der Waals surface area contributed by atoms with Crippen molar-refractivity contribution in [1.82, 2.24) is 15.0 Å². The molecule has 1 aromatic heterocycles. The van der Waals surface area contributed by atoms with Gasteiger partial charge in [-0.1, -0.05) is 35.5 Å². The normalized spacial score (nSPS) is 13.1. The van der Waals surface area contributed by atoms with Crippen LogP contribution in [0.4, 0.5) is 5.69 Å². The molecule has 3 rings (SSSR count). The van der Waals surface area contributed by atoms with Gasteiger partial charge in [0.1, 0.15) is 11.3 Å². The molecule has 0 bridgehead atoms. The van der Waals surface area contributed by atoms with Crippen molar-refractivity contribution in [2.24, 2.45) is 0 Å². The number of nitrogens with one attached hydrogen (secondary N) is 1. The van der Waals surface area contributed by atoms with Crippen molar-refractivity contribution >= 4 is 11.6 Å². The number of hydrogen-bond acceptors (Lipinski definition) is 5. The number of para-hydroxylation sites is 1. The molecule has 1 amide bonds. The molecule has 3 aromatic rings. The van der Waals surface area contributed by atoms with Crippen molar-refractivity contribution < 1.29 is 14.6 Å². The lowest BCUT2D eigenvalue weighted by Gasteiger charge is -2.21. The average molecular weight is 380 g/mol. The van der Waals surface area contributed by atoms with Gasteiger partial charge in [-0.25, -0.2) is 4.68 Å². The third kappa shape index (κ3) is 4.82. The molecule has 0 saturated carbocycles. The number of methoxy groups -OCH3 is 1. The van der Waals surface area contributed by atoms with E-state index in [2.05, 4.69) is 15.6 Å². The summed E-state index contributed by atoms with van der Waals surface area (Å²) in [5.41, 5.74) is 2.54. The number of amides is 1. The first-order chi connectivity index (χ1) is 13.4. The van der Waals surface area contributed by atoms with Crippen LogP contribution in [0.5, 0.6) is 0 Å².